The maximum absolute atomic E-state index is 12.8. The van der Waals surface area contributed by atoms with E-state index in [9.17, 15) is 18.0 Å². The quantitative estimate of drug-likeness (QED) is 0.663. The summed E-state index contributed by atoms with van der Waals surface area (Å²) in [7, 11) is -3.56. The molecule has 0 bridgehead atoms. The van der Waals surface area contributed by atoms with Gasteiger partial charge in [0, 0.05) is 44.6 Å². The molecule has 0 spiro atoms. The first kappa shape index (κ1) is 22.2. The number of carbonyl (C=O) groups is 2. The number of aryl methyl sites for hydroxylation is 3. The second-order valence-electron chi connectivity index (χ2n) is 7.84. The van der Waals surface area contributed by atoms with Gasteiger partial charge in [-0.1, -0.05) is 35.4 Å². The van der Waals surface area contributed by atoms with Crippen LogP contribution < -0.4 is 0 Å². The molecule has 0 atom stereocenters. The third-order valence-electron chi connectivity index (χ3n) is 5.51. The van der Waals surface area contributed by atoms with Crippen LogP contribution in [-0.4, -0.2) is 55.5 Å². The molecule has 160 valence electrons. The second-order valence-corrected chi connectivity index (χ2v) is 9.78. The molecule has 1 aliphatic rings. The zero-order chi connectivity index (χ0) is 21.9. The third-order valence-corrected chi connectivity index (χ3v) is 7.42. The van der Waals surface area contributed by atoms with Crippen LogP contribution in [0.4, 0.5) is 0 Å². The Hall–Kier alpha value is -2.51. The van der Waals surface area contributed by atoms with E-state index in [2.05, 4.69) is 0 Å². The molecule has 1 saturated heterocycles. The van der Waals surface area contributed by atoms with Gasteiger partial charge in [0.2, 0.25) is 15.9 Å². The van der Waals surface area contributed by atoms with Crippen LogP contribution in [0.15, 0.2) is 47.4 Å². The van der Waals surface area contributed by atoms with Crippen LogP contribution in [-0.2, 0) is 14.8 Å². The van der Waals surface area contributed by atoms with Gasteiger partial charge in [0.05, 0.1) is 4.90 Å². The molecule has 0 aliphatic carbocycles. The van der Waals surface area contributed by atoms with Crippen LogP contribution in [0.3, 0.4) is 0 Å². The number of rotatable bonds is 6. The number of Topliss-reactive ketones (excluding diaryl/α,β-unsaturated/α-hetero) is 1. The smallest absolute Gasteiger partial charge is 0.243 e. The van der Waals surface area contributed by atoms with E-state index in [0.717, 1.165) is 16.7 Å². The number of ketones is 1. The molecule has 0 unspecified atom stereocenters. The van der Waals surface area contributed by atoms with Crippen LogP contribution in [0, 0.1) is 20.8 Å². The highest BCUT2D eigenvalue weighted by atomic mass is 32.2. The monoisotopic (exact) mass is 428 g/mol. The minimum absolute atomic E-state index is 0.0369. The van der Waals surface area contributed by atoms with Crippen molar-refractivity contribution in [2.24, 2.45) is 0 Å². The van der Waals surface area contributed by atoms with Gasteiger partial charge < -0.3 is 4.90 Å². The van der Waals surface area contributed by atoms with Crippen LogP contribution in [0.5, 0.6) is 0 Å². The largest absolute Gasteiger partial charge is 0.340 e. The molecule has 0 N–H and O–H groups in total. The molecule has 1 heterocycles. The van der Waals surface area contributed by atoms with E-state index in [4.69, 9.17) is 0 Å². The van der Waals surface area contributed by atoms with Gasteiger partial charge in [-0.25, -0.2) is 8.42 Å². The van der Waals surface area contributed by atoms with Gasteiger partial charge in [0.25, 0.3) is 0 Å². The fourth-order valence-corrected chi connectivity index (χ4v) is 5.01. The van der Waals surface area contributed by atoms with Gasteiger partial charge in [0.1, 0.15) is 0 Å². The van der Waals surface area contributed by atoms with Gasteiger partial charge in [-0.15, -0.1) is 0 Å². The second kappa shape index (κ2) is 9.10. The van der Waals surface area contributed by atoms with Gasteiger partial charge in [-0.2, -0.15) is 4.31 Å². The number of benzene rings is 2. The number of hydrogen-bond acceptors (Lipinski definition) is 4. The van der Waals surface area contributed by atoms with Crippen LogP contribution in [0.25, 0.3) is 0 Å². The van der Waals surface area contributed by atoms with Crippen molar-refractivity contribution >= 4 is 21.7 Å². The topological polar surface area (TPSA) is 74.8 Å². The summed E-state index contributed by atoms with van der Waals surface area (Å²) in [6, 6.07) is 12.5. The number of nitrogens with zero attached hydrogens (tertiary/aromatic N) is 2. The Kier molecular flexibility index (Phi) is 6.73. The van der Waals surface area contributed by atoms with Crippen LogP contribution in [0.2, 0.25) is 0 Å². The van der Waals surface area contributed by atoms with Gasteiger partial charge >= 0.3 is 0 Å². The van der Waals surface area contributed by atoms with E-state index in [1.165, 1.54) is 4.31 Å². The molecule has 7 heteroatoms. The Labute approximate surface area is 178 Å². The van der Waals surface area contributed by atoms with E-state index < -0.39 is 10.0 Å². The molecule has 2 aromatic carbocycles. The third kappa shape index (κ3) is 4.96. The first-order valence-corrected chi connectivity index (χ1v) is 11.6. The number of sulfonamides is 1. The number of hydrogen-bond donors (Lipinski definition) is 0. The first-order valence-electron chi connectivity index (χ1n) is 10.1. The van der Waals surface area contributed by atoms with Gasteiger partial charge in [0.15, 0.2) is 5.78 Å². The van der Waals surface area contributed by atoms with Crippen molar-refractivity contribution in [2.75, 3.05) is 26.2 Å². The summed E-state index contributed by atoms with van der Waals surface area (Å²) in [5, 5.41) is 0. The van der Waals surface area contributed by atoms with E-state index in [0.29, 0.717) is 18.7 Å². The fraction of sp³-hybridized carbons (Fsp3) is 0.391. The molecule has 1 amide bonds. The highest BCUT2D eigenvalue weighted by Crippen LogP contribution is 2.19. The van der Waals surface area contributed by atoms with Crippen molar-refractivity contribution in [3.63, 3.8) is 0 Å². The molecule has 0 saturated carbocycles. The van der Waals surface area contributed by atoms with E-state index in [1.54, 1.807) is 29.2 Å². The Morgan fingerprint density at radius 3 is 2.07 bits per heavy atom. The Bertz CT molecular complexity index is 1040. The number of amides is 1. The maximum Gasteiger partial charge on any atom is 0.243 e. The summed E-state index contributed by atoms with van der Waals surface area (Å²) in [5.41, 5.74) is 3.59. The molecule has 1 aliphatic heterocycles. The van der Waals surface area contributed by atoms with Crippen LogP contribution >= 0.6 is 0 Å². The number of piperazine rings is 1. The van der Waals surface area contributed by atoms with Gasteiger partial charge in [-0.3, -0.25) is 9.59 Å². The zero-order valence-corrected chi connectivity index (χ0v) is 18.5. The predicted octanol–water partition coefficient (Wildman–Crippen LogP) is 3.11. The van der Waals surface area contributed by atoms with E-state index in [-0.39, 0.29) is 42.5 Å². The molecule has 1 fully saturated rings. The van der Waals surface area contributed by atoms with Crippen molar-refractivity contribution in [2.45, 2.75) is 38.5 Å². The summed E-state index contributed by atoms with van der Waals surface area (Å²) in [6.45, 7) is 6.92. The molecule has 3 rings (SSSR count). The SMILES string of the molecule is Cc1ccc(S(=O)(=O)N2CCN(C(=O)CCC(=O)c3cc(C)ccc3C)CC2)cc1. The Morgan fingerprint density at radius 1 is 0.833 bits per heavy atom. The van der Waals surface area contributed by atoms with Crippen LogP contribution in [0.1, 0.15) is 39.9 Å². The van der Waals surface area contributed by atoms with Crippen molar-refractivity contribution in [1.82, 2.24) is 9.21 Å². The zero-order valence-electron chi connectivity index (χ0n) is 17.7. The summed E-state index contributed by atoms with van der Waals surface area (Å²) in [5.74, 6) is -0.147. The summed E-state index contributed by atoms with van der Waals surface area (Å²) >= 11 is 0. The number of carbonyl (C=O) groups excluding carboxylic acids is 2. The first-order chi connectivity index (χ1) is 14.2. The Morgan fingerprint density at radius 2 is 1.43 bits per heavy atom. The minimum atomic E-state index is -3.56. The molecule has 30 heavy (non-hydrogen) atoms. The minimum Gasteiger partial charge on any atom is -0.340 e. The summed E-state index contributed by atoms with van der Waals surface area (Å²) in [6.07, 6.45) is 0.294. The lowest BCUT2D eigenvalue weighted by Crippen LogP contribution is -2.50. The Balaban J connectivity index is 1.54. The normalized spacial score (nSPS) is 15.2. The lowest BCUT2D eigenvalue weighted by molar-refractivity contribution is -0.132. The van der Waals surface area contributed by atoms with Crippen molar-refractivity contribution < 1.29 is 18.0 Å². The summed E-state index contributed by atoms with van der Waals surface area (Å²) in [4.78, 5) is 27.0. The van der Waals surface area contributed by atoms with E-state index in [1.807, 2.05) is 39.0 Å². The average molecular weight is 429 g/mol. The van der Waals surface area contributed by atoms with Crippen molar-refractivity contribution in [3.05, 3.63) is 64.7 Å². The molecule has 0 radical (unpaired) electrons. The maximum atomic E-state index is 12.8. The lowest BCUT2D eigenvalue weighted by Gasteiger charge is -2.34. The standard InChI is InChI=1S/C23H28N2O4S/c1-17-5-8-20(9-6-17)30(28,29)25-14-12-24(13-15-25)23(27)11-10-22(26)21-16-18(2)4-7-19(21)3/h4-9,16H,10-15H2,1-3H3. The molecule has 2 aromatic rings. The fourth-order valence-electron chi connectivity index (χ4n) is 3.59. The summed E-state index contributed by atoms with van der Waals surface area (Å²) < 4.78 is 27.0. The molecule has 0 aromatic heterocycles. The van der Waals surface area contributed by atoms with E-state index >= 15 is 0 Å². The lowest BCUT2D eigenvalue weighted by atomic mass is 9.99. The van der Waals surface area contributed by atoms with Crippen molar-refractivity contribution in [3.8, 4) is 0 Å². The highest BCUT2D eigenvalue weighted by molar-refractivity contribution is 7.89. The molecule has 6 nitrogen and oxygen atoms in total. The molecular weight excluding hydrogens is 400 g/mol. The van der Waals surface area contributed by atoms with Gasteiger partial charge in [-0.05, 0) is 44.5 Å². The molecular formula is C23H28N2O4S. The average Bonchev–Trinajstić information content (AvgIpc) is 2.74. The van der Waals surface area contributed by atoms with Crippen molar-refractivity contribution in [1.29, 1.82) is 0 Å². The highest BCUT2D eigenvalue weighted by Gasteiger charge is 2.30. The predicted molar refractivity (Wildman–Crippen MR) is 116 cm³/mol.